The standard InChI is InChI=1S/C14H10Cl2NO4S/c1-7-11(18)5-3-9(13(7)16)14(19)8-2-4-10(15)12(6-8)22(17,20)21/h2-6H,1H3,(H2,17,20,21). The van der Waals surface area contributed by atoms with E-state index >= 15 is 0 Å². The molecule has 22 heavy (non-hydrogen) atoms. The number of hydrogen-bond donors (Lipinski definition) is 1. The van der Waals surface area contributed by atoms with Crippen LogP contribution in [0.5, 0.6) is 5.75 Å². The van der Waals surface area contributed by atoms with Crippen LogP contribution in [0.2, 0.25) is 10.0 Å². The van der Waals surface area contributed by atoms with Crippen LogP contribution in [-0.4, -0.2) is 14.2 Å². The summed E-state index contributed by atoms with van der Waals surface area (Å²) < 4.78 is 22.9. The summed E-state index contributed by atoms with van der Waals surface area (Å²) in [7, 11) is -4.06. The van der Waals surface area contributed by atoms with Gasteiger partial charge in [0.25, 0.3) is 0 Å². The lowest BCUT2D eigenvalue weighted by Crippen LogP contribution is -2.14. The third-order valence-corrected chi connectivity index (χ3v) is 4.96. The fourth-order valence-corrected chi connectivity index (χ4v) is 3.17. The molecule has 2 rings (SSSR count). The van der Waals surface area contributed by atoms with Gasteiger partial charge in [-0.1, -0.05) is 23.2 Å². The normalized spacial score (nSPS) is 11.5. The van der Waals surface area contributed by atoms with Crippen molar-refractivity contribution < 1.29 is 18.3 Å². The molecule has 0 aliphatic carbocycles. The zero-order valence-electron chi connectivity index (χ0n) is 11.3. The SMILES string of the molecule is Cc1c([O])ccc(C(=O)c2ccc(Cl)c(S(N)(=O)=O)c2)c1Cl. The molecule has 0 atom stereocenters. The number of primary sulfonamides is 1. The van der Waals surface area contributed by atoms with Gasteiger partial charge in [-0.15, -0.1) is 0 Å². The van der Waals surface area contributed by atoms with Gasteiger partial charge in [0, 0.05) is 16.7 Å². The number of nitrogens with two attached hydrogens (primary N) is 1. The molecule has 0 saturated carbocycles. The van der Waals surface area contributed by atoms with Crippen molar-refractivity contribution in [1.29, 1.82) is 0 Å². The largest absolute Gasteiger partial charge is 0.290 e. The predicted molar refractivity (Wildman–Crippen MR) is 82.6 cm³/mol. The first-order chi connectivity index (χ1) is 10.1. The number of rotatable bonds is 3. The maximum absolute atomic E-state index is 12.5. The molecule has 0 unspecified atom stereocenters. The Bertz CT molecular complexity index is 879. The molecule has 0 bridgehead atoms. The highest BCUT2D eigenvalue weighted by Gasteiger charge is 2.20. The van der Waals surface area contributed by atoms with Gasteiger partial charge in [-0.2, -0.15) is 0 Å². The summed E-state index contributed by atoms with van der Waals surface area (Å²) in [5.41, 5.74) is 0.392. The lowest BCUT2D eigenvalue weighted by atomic mass is 10.0. The second-order valence-corrected chi connectivity index (χ2v) is 6.88. The number of carbonyl (C=O) groups excluding carboxylic acids is 1. The van der Waals surface area contributed by atoms with Crippen molar-refractivity contribution in [2.45, 2.75) is 11.8 Å². The molecule has 0 aromatic heterocycles. The molecule has 2 aromatic rings. The lowest BCUT2D eigenvalue weighted by molar-refractivity contribution is 0.103. The first-order valence-corrected chi connectivity index (χ1v) is 8.26. The summed E-state index contributed by atoms with van der Waals surface area (Å²) >= 11 is 11.8. The fourth-order valence-electron chi connectivity index (χ4n) is 1.86. The van der Waals surface area contributed by atoms with Crippen LogP contribution >= 0.6 is 23.2 Å². The Morgan fingerprint density at radius 1 is 1.14 bits per heavy atom. The van der Waals surface area contributed by atoms with E-state index in [1.165, 1.54) is 31.2 Å². The van der Waals surface area contributed by atoms with Crippen molar-refractivity contribution in [3.05, 3.63) is 57.1 Å². The highest BCUT2D eigenvalue weighted by atomic mass is 35.5. The summed E-state index contributed by atoms with van der Waals surface area (Å²) in [4.78, 5) is 12.1. The van der Waals surface area contributed by atoms with Gasteiger partial charge in [0.05, 0.1) is 10.0 Å². The van der Waals surface area contributed by atoms with Gasteiger partial charge in [-0.05, 0) is 37.3 Å². The Morgan fingerprint density at radius 3 is 2.36 bits per heavy atom. The molecule has 115 valence electrons. The molecule has 1 radical (unpaired) electrons. The molecule has 0 fully saturated rings. The van der Waals surface area contributed by atoms with Crippen LogP contribution in [0.25, 0.3) is 0 Å². The number of halogens is 2. The van der Waals surface area contributed by atoms with E-state index < -0.39 is 15.8 Å². The summed E-state index contributed by atoms with van der Waals surface area (Å²) in [6.45, 7) is 1.50. The first kappa shape index (κ1) is 16.8. The second kappa shape index (κ2) is 5.89. The number of sulfonamides is 1. The smallest absolute Gasteiger partial charge is 0.239 e. The Kier molecular flexibility index (Phi) is 4.49. The summed E-state index contributed by atoms with van der Waals surface area (Å²) in [6, 6.07) is 6.22. The average molecular weight is 359 g/mol. The number of carbonyl (C=O) groups is 1. The Labute approximate surface area is 137 Å². The van der Waals surface area contributed by atoms with E-state index in [9.17, 15) is 18.3 Å². The van der Waals surface area contributed by atoms with Gasteiger partial charge in [0.1, 0.15) is 4.90 Å². The van der Waals surface area contributed by atoms with Crippen molar-refractivity contribution in [2.75, 3.05) is 0 Å². The van der Waals surface area contributed by atoms with Gasteiger partial charge < -0.3 is 0 Å². The van der Waals surface area contributed by atoms with Crippen molar-refractivity contribution in [2.24, 2.45) is 5.14 Å². The average Bonchev–Trinajstić information content (AvgIpc) is 2.43. The quantitative estimate of drug-likeness (QED) is 0.851. The zero-order valence-corrected chi connectivity index (χ0v) is 13.6. The maximum atomic E-state index is 12.5. The Morgan fingerprint density at radius 2 is 1.77 bits per heavy atom. The highest BCUT2D eigenvalue weighted by Crippen LogP contribution is 2.31. The van der Waals surface area contributed by atoms with E-state index in [0.29, 0.717) is 0 Å². The highest BCUT2D eigenvalue weighted by molar-refractivity contribution is 7.89. The Balaban J connectivity index is 2.59. The van der Waals surface area contributed by atoms with E-state index in [1.54, 1.807) is 0 Å². The molecule has 0 saturated heterocycles. The minimum absolute atomic E-state index is 0.0320. The van der Waals surface area contributed by atoms with Crippen LogP contribution in [0.3, 0.4) is 0 Å². The van der Waals surface area contributed by atoms with Crippen molar-refractivity contribution >= 4 is 39.0 Å². The minimum Gasteiger partial charge on any atom is -0.290 e. The van der Waals surface area contributed by atoms with Gasteiger partial charge in [0.2, 0.25) is 10.0 Å². The van der Waals surface area contributed by atoms with E-state index in [-0.39, 0.29) is 37.4 Å². The minimum atomic E-state index is -4.06. The first-order valence-electron chi connectivity index (χ1n) is 5.96. The monoisotopic (exact) mass is 358 g/mol. The maximum Gasteiger partial charge on any atom is 0.239 e. The van der Waals surface area contributed by atoms with Crippen molar-refractivity contribution in [3.63, 3.8) is 0 Å². The second-order valence-electron chi connectivity index (χ2n) is 4.57. The molecule has 5 nitrogen and oxygen atoms in total. The third-order valence-electron chi connectivity index (χ3n) is 3.08. The van der Waals surface area contributed by atoms with Crippen LogP contribution in [0, 0.1) is 6.92 Å². The van der Waals surface area contributed by atoms with E-state index in [0.717, 1.165) is 6.07 Å². The molecular weight excluding hydrogens is 349 g/mol. The molecule has 0 heterocycles. The van der Waals surface area contributed by atoms with Crippen LogP contribution in [0.4, 0.5) is 0 Å². The van der Waals surface area contributed by atoms with Crippen LogP contribution in [0.1, 0.15) is 21.5 Å². The molecule has 2 N–H and O–H groups in total. The predicted octanol–water partition coefficient (Wildman–Crippen LogP) is 3.32. The topological polar surface area (TPSA) is 97.1 Å². The van der Waals surface area contributed by atoms with Crippen molar-refractivity contribution in [1.82, 2.24) is 0 Å². The van der Waals surface area contributed by atoms with E-state index in [1.807, 2.05) is 0 Å². The molecule has 0 spiro atoms. The van der Waals surface area contributed by atoms with Gasteiger partial charge in [-0.3, -0.25) is 9.90 Å². The molecule has 2 aromatic carbocycles. The van der Waals surface area contributed by atoms with E-state index in [4.69, 9.17) is 28.3 Å². The zero-order chi connectivity index (χ0) is 16.7. The lowest BCUT2D eigenvalue weighted by Gasteiger charge is -2.08. The summed E-state index contributed by atoms with van der Waals surface area (Å²) in [5.74, 6) is -0.822. The summed E-state index contributed by atoms with van der Waals surface area (Å²) in [6.07, 6.45) is 0. The van der Waals surface area contributed by atoms with Gasteiger partial charge in [-0.25, -0.2) is 13.6 Å². The number of ketones is 1. The van der Waals surface area contributed by atoms with Crippen LogP contribution in [0.15, 0.2) is 35.2 Å². The third kappa shape index (κ3) is 3.10. The number of hydrogen-bond acceptors (Lipinski definition) is 3. The van der Waals surface area contributed by atoms with Crippen LogP contribution in [-0.2, 0) is 15.1 Å². The fraction of sp³-hybridized carbons (Fsp3) is 0.0714. The molecule has 0 aliphatic heterocycles. The van der Waals surface area contributed by atoms with Crippen LogP contribution < -0.4 is 5.14 Å². The molecule has 0 amide bonds. The Hall–Kier alpha value is -1.60. The van der Waals surface area contributed by atoms with E-state index in [2.05, 4.69) is 0 Å². The number of benzene rings is 2. The van der Waals surface area contributed by atoms with Crippen molar-refractivity contribution in [3.8, 4) is 5.75 Å². The van der Waals surface area contributed by atoms with Gasteiger partial charge >= 0.3 is 0 Å². The summed E-state index contributed by atoms with van der Waals surface area (Å²) in [5, 5.41) is 16.5. The van der Waals surface area contributed by atoms with Gasteiger partial charge in [0.15, 0.2) is 11.5 Å². The molecule has 0 aliphatic rings. The molecule has 8 heteroatoms. The molecular formula is C14H10Cl2NO4S.